The second-order valence-corrected chi connectivity index (χ2v) is 8.35. The first kappa shape index (κ1) is 19.3. The van der Waals surface area contributed by atoms with Crippen LogP contribution in [0.4, 0.5) is 0 Å². The summed E-state index contributed by atoms with van der Waals surface area (Å²) in [6.45, 7) is 0. The fraction of sp³-hybridized carbons (Fsp3) is 0. The van der Waals surface area contributed by atoms with Crippen molar-refractivity contribution in [3.8, 4) is 0 Å². The molecule has 2 N–H and O–H groups in total. The van der Waals surface area contributed by atoms with Crippen LogP contribution in [0.3, 0.4) is 0 Å². The van der Waals surface area contributed by atoms with Gasteiger partial charge < -0.3 is 0 Å². The molecular weight excluding hydrogens is 392 g/mol. The minimum Gasteiger partial charge on any atom is -0.282 e. The Bertz CT molecular complexity index is 969. The molecule has 11 heteroatoms. The van der Waals surface area contributed by atoms with Gasteiger partial charge in [-0.05, 0) is 36.0 Å². The van der Waals surface area contributed by atoms with Crippen LogP contribution < -0.4 is 0 Å². The van der Waals surface area contributed by atoms with Gasteiger partial charge >= 0.3 is 0 Å². The zero-order chi connectivity index (χ0) is 18.8. The molecule has 0 radical (unpaired) electrons. The van der Waals surface area contributed by atoms with Gasteiger partial charge in [-0.2, -0.15) is 16.8 Å². The number of hydrogen-bond donors (Lipinski definition) is 2. The summed E-state index contributed by atoms with van der Waals surface area (Å²) in [5.74, 6) is 0. The number of hydrogen-bond acceptors (Lipinski definition) is 7. The maximum absolute atomic E-state index is 12.2. The van der Waals surface area contributed by atoms with Crippen molar-refractivity contribution in [2.45, 2.75) is 9.79 Å². The SMILES string of the molecule is O=C(SC(=O)c1ccccc1S(=O)(=O)O)c1ccccc1S(=O)(=O)O. The quantitative estimate of drug-likeness (QED) is 0.733. The first-order valence-electron chi connectivity index (χ1n) is 6.41. The minimum absolute atomic E-state index is 0.0374. The van der Waals surface area contributed by atoms with Crippen molar-refractivity contribution < 1.29 is 35.5 Å². The van der Waals surface area contributed by atoms with Crippen LogP contribution in [-0.4, -0.2) is 36.2 Å². The van der Waals surface area contributed by atoms with E-state index in [4.69, 9.17) is 9.11 Å². The number of carbonyl (C=O) groups is 2. The predicted octanol–water partition coefficient (Wildman–Crippen LogP) is 1.89. The summed E-state index contributed by atoms with van der Waals surface area (Å²) >= 11 is 0.0374. The Morgan fingerprint density at radius 1 is 0.680 bits per heavy atom. The molecule has 0 saturated carbocycles. The molecule has 0 amide bonds. The minimum atomic E-state index is -4.69. The van der Waals surface area contributed by atoms with Gasteiger partial charge in [0.05, 0.1) is 11.1 Å². The molecule has 0 atom stereocenters. The third kappa shape index (κ3) is 4.52. The maximum Gasteiger partial charge on any atom is 0.295 e. The van der Waals surface area contributed by atoms with Crippen molar-refractivity contribution in [3.05, 3.63) is 59.7 Å². The van der Waals surface area contributed by atoms with E-state index in [2.05, 4.69) is 0 Å². The molecule has 0 fully saturated rings. The topological polar surface area (TPSA) is 143 Å². The van der Waals surface area contributed by atoms with E-state index in [1.165, 1.54) is 24.3 Å². The Morgan fingerprint density at radius 3 is 1.32 bits per heavy atom. The van der Waals surface area contributed by atoms with Crippen LogP contribution in [0.1, 0.15) is 20.7 Å². The summed E-state index contributed by atoms with van der Waals surface area (Å²) in [6.07, 6.45) is 0. The first-order valence-corrected chi connectivity index (χ1v) is 10.1. The van der Waals surface area contributed by atoms with Gasteiger partial charge in [0.25, 0.3) is 20.2 Å². The van der Waals surface area contributed by atoms with Crippen molar-refractivity contribution in [3.63, 3.8) is 0 Å². The monoisotopic (exact) mass is 402 g/mol. The van der Waals surface area contributed by atoms with E-state index in [0.29, 0.717) is 0 Å². The lowest BCUT2D eigenvalue weighted by Gasteiger charge is -2.07. The standard InChI is InChI=1S/C14H10O8S3/c15-13(9-5-1-3-7-11(9)24(17,18)19)23-14(16)10-6-2-4-8-12(10)25(20,21)22/h1-8H,(H,17,18,19)(H,20,21,22). The Balaban J connectivity index is 2.40. The Morgan fingerprint density at radius 2 is 1.00 bits per heavy atom. The third-order valence-corrected chi connectivity index (χ3v) is 5.59. The lowest BCUT2D eigenvalue weighted by molar-refractivity contribution is 0.106. The van der Waals surface area contributed by atoms with E-state index in [1.54, 1.807) is 0 Å². The average molecular weight is 402 g/mol. The van der Waals surface area contributed by atoms with E-state index >= 15 is 0 Å². The Labute approximate surface area is 147 Å². The highest BCUT2D eigenvalue weighted by Gasteiger charge is 2.26. The van der Waals surface area contributed by atoms with Gasteiger partial charge in [0.15, 0.2) is 0 Å². The lowest BCUT2D eigenvalue weighted by atomic mass is 10.2. The lowest BCUT2D eigenvalue weighted by Crippen LogP contribution is -2.10. The molecule has 0 aliphatic carbocycles. The summed E-state index contributed by atoms with van der Waals surface area (Å²) in [5.41, 5.74) is -0.875. The molecule has 0 aromatic heterocycles. The van der Waals surface area contributed by atoms with Crippen LogP contribution >= 0.6 is 11.8 Å². The van der Waals surface area contributed by atoms with E-state index in [-0.39, 0.29) is 11.8 Å². The van der Waals surface area contributed by atoms with Crippen LogP contribution in [0.5, 0.6) is 0 Å². The van der Waals surface area contributed by atoms with Gasteiger partial charge in [-0.15, -0.1) is 0 Å². The number of thioether (sulfide) groups is 1. The fourth-order valence-electron chi connectivity index (χ4n) is 1.91. The molecule has 2 aromatic rings. The molecule has 0 unspecified atom stereocenters. The predicted molar refractivity (Wildman–Crippen MR) is 88.8 cm³/mol. The van der Waals surface area contributed by atoms with Crippen LogP contribution in [0, 0.1) is 0 Å². The van der Waals surface area contributed by atoms with Crippen LogP contribution in [0.25, 0.3) is 0 Å². The Kier molecular flexibility index (Phi) is 5.44. The van der Waals surface area contributed by atoms with Crippen LogP contribution in [0.2, 0.25) is 0 Å². The van der Waals surface area contributed by atoms with E-state index in [9.17, 15) is 26.4 Å². The van der Waals surface area contributed by atoms with Crippen LogP contribution in [-0.2, 0) is 20.2 Å². The molecule has 0 spiro atoms. The van der Waals surface area contributed by atoms with E-state index in [1.807, 2.05) is 0 Å². The number of benzene rings is 2. The van der Waals surface area contributed by atoms with E-state index in [0.717, 1.165) is 24.3 Å². The molecule has 2 rings (SSSR count). The summed E-state index contributed by atoms with van der Waals surface area (Å²) in [4.78, 5) is 23.1. The summed E-state index contributed by atoms with van der Waals surface area (Å²) in [5, 5.41) is -2.02. The fourth-order valence-corrected chi connectivity index (χ4v) is 4.17. The molecule has 25 heavy (non-hydrogen) atoms. The second-order valence-electron chi connectivity index (χ2n) is 4.62. The smallest absolute Gasteiger partial charge is 0.282 e. The van der Waals surface area contributed by atoms with Gasteiger partial charge in [0, 0.05) is 0 Å². The maximum atomic E-state index is 12.2. The molecule has 0 bridgehead atoms. The van der Waals surface area contributed by atoms with Gasteiger partial charge in [-0.3, -0.25) is 18.7 Å². The van der Waals surface area contributed by atoms with Gasteiger partial charge in [0.1, 0.15) is 9.79 Å². The highest BCUT2D eigenvalue weighted by Crippen LogP contribution is 2.26. The number of rotatable bonds is 4. The van der Waals surface area contributed by atoms with Crippen molar-refractivity contribution in [2.24, 2.45) is 0 Å². The highest BCUT2D eigenvalue weighted by atomic mass is 32.2. The summed E-state index contributed by atoms with van der Waals surface area (Å²) < 4.78 is 63.5. The van der Waals surface area contributed by atoms with Gasteiger partial charge in [-0.25, -0.2) is 0 Å². The summed E-state index contributed by atoms with van der Waals surface area (Å²) in [7, 11) is -9.38. The molecule has 8 nitrogen and oxygen atoms in total. The van der Waals surface area contributed by atoms with Crippen molar-refractivity contribution in [1.82, 2.24) is 0 Å². The van der Waals surface area contributed by atoms with Crippen molar-refractivity contribution in [2.75, 3.05) is 0 Å². The number of carbonyl (C=O) groups excluding carboxylic acids is 2. The zero-order valence-corrected chi connectivity index (χ0v) is 14.6. The molecule has 2 aromatic carbocycles. The van der Waals surface area contributed by atoms with Gasteiger partial charge in [0.2, 0.25) is 10.2 Å². The molecule has 132 valence electrons. The third-order valence-electron chi connectivity index (χ3n) is 2.96. The van der Waals surface area contributed by atoms with Gasteiger partial charge in [-0.1, -0.05) is 24.3 Å². The second kappa shape index (κ2) is 7.06. The van der Waals surface area contributed by atoms with Crippen molar-refractivity contribution >= 4 is 42.2 Å². The molecule has 0 heterocycles. The average Bonchev–Trinajstić information content (AvgIpc) is 2.53. The summed E-state index contributed by atoms with van der Waals surface area (Å²) in [6, 6.07) is 9.39. The molecule has 0 aliphatic rings. The van der Waals surface area contributed by atoms with E-state index < -0.39 is 51.4 Å². The molecular formula is C14H10O8S3. The zero-order valence-electron chi connectivity index (χ0n) is 12.2. The normalized spacial score (nSPS) is 11.9. The molecule has 0 saturated heterocycles. The highest BCUT2D eigenvalue weighted by molar-refractivity contribution is 8.27. The first-order chi connectivity index (χ1) is 11.5. The Hall–Kier alpha value is -2.05. The van der Waals surface area contributed by atoms with Crippen LogP contribution in [0.15, 0.2) is 58.3 Å². The largest absolute Gasteiger partial charge is 0.295 e. The van der Waals surface area contributed by atoms with Crippen molar-refractivity contribution in [1.29, 1.82) is 0 Å². The molecule has 0 aliphatic heterocycles.